The highest BCUT2D eigenvalue weighted by molar-refractivity contribution is 5.96. The Balaban J connectivity index is 1.67. The first kappa shape index (κ1) is 17.5. The van der Waals surface area contributed by atoms with Crippen LogP contribution in [0.25, 0.3) is 10.9 Å². The third-order valence-corrected chi connectivity index (χ3v) is 4.93. The number of fused-ring (bicyclic) bond motifs is 1. The third kappa shape index (κ3) is 3.64. The topological polar surface area (TPSA) is 83.3 Å². The van der Waals surface area contributed by atoms with E-state index in [9.17, 15) is 9.90 Å². The molecule has 7 nitrogen and oxygen atoms in total. The van der Waals surface area contributed by atoms with Crippen LogP contribution in [-0.2, 0) is 6.67 Å². The van der Waals surface area contributed by atoms with Crippen molar-refractivity contribution in [2.24, 2.45) is 10.2 Å². The average molecular weight is 366 g/mol. The molecular formula is C20H22N4O3. The molecule has 1 aliphatic rings. The second-order valence-electron chi connectivity index (χ2n) is 6.77. The summed E-state index contributed by atoms with van der Waals surface area (Å²) in [5, 5.41) is 19.3. The van der Waals surface area contributed by atoms with Crippen molar-refractivity contribution < 1.29 is 14.3 Å². The van der Waals surface area contributed by atoms with Crippen molar-refractivity contribution in [1.82, 2.24) is 9.47 Å². The van der Waals surface area contributed by atoms with Crippen LogP contribution in [0.4, 0.5) is 5.69 Å². The van der Waals surface area contributed by atoms with E-state index in [1.54, 1.807) is 6.07 Å². The van der Waals surface area contributed by atoms with Gasteiger partial charge in [-0.05, 0) is 44.1 Å². The number of amides is 1. The summed E-state index contributed by atoms with van der Waals surface area (Å²) in [5.74, 6) is -0.438. The zero-order chi connectivity index (χ0) is 18.6. The summed E-state index contributed by atoms with van der Waals surface area (Å²) in [4.78, 5) is 14.4. The van der Waals surface area contributed by atoms with Crippen LogP contribution in [0.15, 0.2) is 57.3 Å². The van der Waals surface area contributed by atoms with Crippen LogP contribution in [0.5, 0.6) is 5.88 Å². The number of furan rings is 1. The van der Waals surface area contributed by atoms with E-state index in [1.165, 1.54) is 38.0 Å². The third-order valence-electron chi connectivity index (χ3n) is 4.93. The van der Waals surface area contributed by atoms with E-state index in [1.807, 2.05) is 28.8 Å². The quantitative estimate of drug-likeness (QED) is 0.679. The summed E-state index contributed by atoms with van der Waals surface area (Å²) < 4.78 is 6.88. The largest absolute Gasteiger partial charge is 0.493 e. The molecule has 0 bridgehead atoms. The summed E-state index contributed by atoms with van der Waals surface area (Å²) in [5.41, 5.74) is 1.18. The number of azo groups is 1. The maximum Gasteiger partial charge on any atom is 0.331 e. The molecule has 3 aromatic rings. The highest BCUT2D eigenvalue weighted by atomic mass is 16.3. The maximum atomic E-state index is 12.0. The fraction of sp³-hybridized carbons (Fsp3) is 0.350. The number of rotatable bonds is 4. The van der Waals surface area contributed by atoms with Crippen LogP contribution in [0.1, 0.15) is 36.2 Å². The Kier molecular flexibility index (Phi) is 5.02. The molecule has 0 atom stereocenters. The Labute approximate surface area is 156 Å². The maximum absolute atomic E-state index is 12.0. The second kappa shape index (κ2) is 7.75. The monoisotopic (exact) mass is 366 g/mol. The van der Waals surface area contributed by atoms with E-state index in [-0.39, 0.29) is 11.6 Å². The predicted molar refractivity (Wildman–Crippen MR) is 101 cm³/mol. The van der Waals surface area contributed by atoms with Gasteiger partial charge in [0.15, 0.2) is 11.4 Å². The van der Waals surface area contributed by atoms with Gasteiger partial charge in [0.2, 0.25) is 5.88 Å². The van der Waals surface area contributed by atoms with Gasteiger partial charge in [-0.15, -0.1) is 10.2 Å². The van der Waals surface area contributed by atoms with E-state index >= 15 is 0 Å². The average Bonchev–Trinajstić information content (AvgIpc) is 3.21. The summed E-state index contributed by atoms with van der Waals surface area (Å²) in [6.07, 6.45) is 6.26. The Morgan fingerprint density at radius 1 is 1.07 bits per heavy atom. The van der Waals surface area contributed by atoms with Gasteiger partial charge in [0.1, 0.15) is 0 Å². The molecule has 3 heterocycles. The van der Waals surface area contributed by atoms with Crippen molar-refractivity contribution >= 4 is 22.5 Å². The van der Waals surface area contributed by atoms with Crippen molar-refractivity contribution in [3.05, 3.63) is 48.4 Å². The first-order valence-electron chi connectivity index (χ1n) is 9.26. The molecule has 0 spiro atoms. The van der Waals surface area contributed by atoms with Crippen molar-refractivity contribution in [1.29, 1.82) is 0 Å². The number of carbonyl (C=O) groups is 1. The number of hydrogen-bond acceptors (Lipinski definition) is 5. The van der Waals surface area contributed by atoms with Crippen molar-refractivity contribution in [3.8, 4) is 5.88 Å². The Bertz CT molecular complexity index is 951. The lowest BCUT2D eigenvalue weighted by molar-refractivity contribution is 0.0968. The summed E-state index contributed by atoms with van der Waals surface area (Å²) in [7, 11) is 0. The van der Waals surface area contributed by atoms with Gasteiger partial charge in [-0.1, -0.05) is 31.0 Å². The molecule has 7 heteroatoms. The molecule has 27 heavy (non-hydrogen) atoms. The van der Waals surface area contributed by atoms with Gasteiger partial charge >= 0.3 is 5.91 Å². The molecule has 0 saturated carbocycles. The first-order chi connectivity index (χ1) is 13.2. The van der Waals surface area contributed by atoms with Gasteiger partial charge in [0, 0.05) is 5.39 Å². The van der Waals surface area contributed by atoms with Crippen LogP contribution in [0.2, 0.25) is 0 Å². The molecule has 0 aliphatic carbocycles. The Hall–Kier alpha value is -2.93. The van der Waals surface area contributed by atoms with E-state index < -0.39 is 5.91 Å². The number of nitrogens with zero attached hydrogens (tertiary/aromatic N) is 4. The number of benzene rings is 1. The number of aromatic nitrogens is 1. The zero-order valence-corrected chi connectivity index (χ0v) is 15.0. The van der Waals surface area contributed by atoms with Gasteiger partial charge in [-0.2, -0.15) is 0 Å². The number of para-hydroxylation sites is 1. The fourth-order valence-electron chi connectivity index (χ4n) is 3.54. The van der Waals surface area contributed by atoms with Gasteiger partial charge < -0.3 is 9.52 Å². The molecule has 1 amide bonds. The molecule has 1 N–H and O–H groups in total. The molecule has 1 fully saturated rings. The van der Waals surface area contributed by atoms with Gasteiger partial charge in [0.05, 0.1) is 18.4 Å². The molecule has 0 unspecified atom stereocenters. The Morgan fingerprint density at radius 2 is 1.85 bits per heavy atom. The lowest BCUT2D eigenvalue weighted by Gasteiger charge is -2.21. The second-order valence-corrected chi connectivity index (χ2v) is 6.77. The van der Waals surface area contributed by atoms with Crippen molar-refractivity contribution in [2.75, 3.05) is 13.1 Å². The number of likely N-dealkylation sites (tertiary alicyclic amines) is 1. The Morgan fingerprint density at radius 3 is 2.59 bits per heavy atom. The van der Waals surface area contributed by atoms with Crippen LogP contribution in [-0.4, -0.2) is 33.6 Å². The van der Waals surface area contributed by atoms with Crippen LogP contribution >= 0.6 is 0 Å². The molecule has 1 saturated heterocycles. The molecule has 2 aromatic heterocycles. The zero-order valence-electron chi connectivity index (χ0n) is 15.0. The van der Waals surface area contributed by atoms with Crippen LogP contribution < -0.4 is 0 Å². The lowest BCUT2D eigenvalue weighted by atomic mass is 10.2. The van der Waals surface area contributed by atoms with Crippen LogP contribution in [0, 0.1) is 0 Å². The van der Waals surface area contributed by atoms with E-state index in [0.717, 1.165) is 24.0 Å². The highest BCUT2D eigenvalue weighted by Gasteiger charge is 2.19. The molecule has 1 aliphatic heterocycles. The predicted octanol–water partition coefficient (Wildman–Crippen LogP) is 4.70. The number of hydrogen-bond donors (Lipinski definition) is 1. The minimum absolute atomic E-state index is 0.0245. The summed E-state index contributed by atoms with van der Waals surface area (Å²) in [6, 6.07) is 10.8. The summed E-state index contributed by atoms with van der Waals surface area (Å²) in [6.45, 7) is 2.62. The standard InChI is InChI=1S/C20H22N4O3/c25-19(17-10-7-13-27-17)22-21-18-15-8-3-4-9-16(15)24(20(18)26)14-23-11-5-1-2-6-12-23/h3-4,7-10,13,26H,1-2,5-6,11-12,14H2. The lowest BCUT2D eigenvalue weighted by Crippen LogP contribution is -2.27. The smallest absolute Gasteiger partial charge is 0.331 e. The van der Waals surface area contributed by atoms with Gasteiger partial charge in [-0.25, -0.2) is 0 Å². The number of aromatic hydroxyl groups is 1. The first-order valence-corrected chi connectivity index (χ1v) is 9.26. The van der Waals surface area contributed by atoms with Crippen molar-refractivity contribution in [3.63, 3.8) is 0 Å². The molecule has 1 aromatic carbocycles. The molecule has 0 radical (unpaired) electrons. The number of carbonyl (C=O) groups excluding carboxylic acids is 1. The minimum atomic E-state index is -0.580. The SMILES string of the molecule is O=C(N=Nc1c(O)n(CN2CCCCCC2)c2ccccc12)c1ccco1. The van der Waals surface area contributed by atoms with Gasteiger partial charge in [0.25, 0.3) is 0 Å². The van der Waals surface area contributed by atoms with E-state index in [2.05, 4.69) is 15.1 Å². The molecule has 140 valence electrons. The fourth-order valence-corrected chi connectivity index (χ4v) is 3.54. The minimum Gasteiger partial charge on any atom is -0.493 e. The van der Waals surface area contributed by atoms with Gasteiger partial charge in [-0.3, -0.25) is 14.3 Å². The van der Waals surface area contributed by atoms with Crippen molar-refractivity contribution in [2.45, 2.75) is 32.4 Å². The summed E-state index contributed by atoms with van der Waals surface area (Å²) >= 11 is 0. The molecular weight excluding hydrogens is 344 g/mol. The normalized spacial score (nSPS) is 16.1. The van der Waals surface area contributed by atoms with E-state index in [4.69, 9.17) is 4.42 Å². The highest BCUT2D eigenvalue weighted by Crippen LogP contribution is 2.39. The van der Waals surface area contributed by atoms with Crippen LogP contribution in [0.3, 0.4) is 0 Å². The van der Waals surface area contributed by atoms with E-state index in [0.29, 0.717) is 12.4 Å². The molecule has 4 rings (SSSR count).